The lowest BCUT2D eigenvalue weighted by Gasteiger charge is -2.42. The number of amides is 2. The van der Waals surface area contributed by atoms with Crippen LogP contribution in [-0.2, 0) is 0 Å². The van der Waals surface area contributed by atoms with Crippen molar-refractivity contribution in [3.8, 4) is 0 Å². The van der Waals surface area contributed by atoms with Crippen LogP contribution in [0.1, 0.15) is 40.0 Å². The molecule has 0 saturated carbocycles. The number of β-amino-alcohol motifs (C(OH)–C–C–N with tert-alkyl or cyclic N) is 1. The van der Waals surface area contributed by atoms with Crippen LogP contribution in [0, 0.1) is 0 Å². The number of allylic oxidation sites excluding steroid dienone is 1. The van der Waals surface area contributed by atoms with E-state index >= 15 is 0 Å². The lowest BCUT2D eigenvalue weighted by atomic mass is 10.0. The van der Waals surface area contributed by atoms with Gasteiger partial charge < -0.3 is 15.3 Å². The summed E-state index contributed by atoms with van der Waals surface area (Å²) in [5, 5.41) is 13.0. The molecule has 1 aliphatic heterocycles. The first kappa shape index (κ1) is 16.3. The van der Waals surface area contributed by atoms with Gasteiger partial charge in [-0.1, -0.05) is 12.2 Å². The molecule has 2 rings (SSSR count). The summed E-state index contributed by atoms with van der Waals surface area (Å²) in [6.45, 7) is 8.74. The fourth-order valence-electron chi connectivity index (χ4n) is 3.20. The van der Waals surface area contributed by atoms with Gasteiger partial charge in [0.1, 0.15) is 0 Å². The van der Waals surface area contributed by atoms with E-state index in [9.17, 15) is 9.90 Å². The molecule has 0 aromatic rings. The molecule has 5 nitrogen and oxygen atoms in total. The summed E-state index contributed by atoms with van der Waals surface area (Å²) in [5.41, 5.74) is -0.683. The number of hydrogen-bond donors (Lipinski definition) is 2. The van der Waals surface area contributed by atoms with Crippen LogP contribution in [0.15, 0.2) is 12.2 Å². The van der Waals surface area contributed by atoms with Crippen LogP contribution in [0.3, 0.4) is 0 Å². The smallest absolute Gasteiger partial charge is 0.318 e. The zero-order chi connectivity index (χ0) is 15.5. The Balaban J connectivity index is 1.83. The fraction of sp³-hybridized carbons (Fsp3) is 0.812. The standard InChI is InChI=1S/C16H29N3O2/c1-13-11-18(12-16(2,3)21)9-10-19(13)15(20)17-14-7-5-4-6-8-14/h5,7,13-14,21H,4,6,8-12H2,1-3H3,(H,17,20). The Morgan fingerprint density at radius 2 is 2.19 bits per heavy atom. The van der Waals surface area contributed by atoms with Crippen molar-refractivity contribution in [2.75, 3.05) is 26.2 Å². The average molecular weight is 295 g/mol. The number of nitrogens with zero attached hydrogens (tertiary/aromatic N) is 2. The monoisotopic (exact) mass is 295 g/mol. The molecular formula is C16H29N3O2. The lowest BCUT2D eigenvalue weighted by molar-refractivity contribution is 0.0118. The quantitative estimate of drug-likeness (QED) is 0.777. The van der Waals surface area contributed by atoms with Gasteiger partial charge >= 0.3 is 6.03 Å². The third kappa shape index (κ3) is 5.00. The van der Waals surface area contributed by atoms with E-state index in [4.69, 9.17) is 0 Å². The zero-order valence-electron chi connectivity index (χ0n) is 13.5. The van der Waals surface area contributed by atoms with E-state index in [2.05, 4.69) is 29.3 Å². The molecule has 2 unspecified atom stereocenters. The van der Waals surface area contributed by atoms with Gasteiger partial charge in [0.15, 0.2) is 0 Å². The summed E-state index contributed by atoms with van der Waals surface area (Å²) in [5.74, 6) is 0. The highest BCUT2D eigenvalue weighted by Crippen LogP contribution is 2.15. The molecule has 0 aromatic carbocycles. The van der Waals surface area contributed by atoms with Crippen molar-refractivity contribution in [2.45, 2.75) is 57.7 Å². The van der Waals surface area contributed by atoms with Crippen LogP contribution >= 0.6 is 0 Å². The minimum Gasteiger partial charge on any atom is -0.389 e. The lowest BCUT2D eigenvalue weighted by Crippen LogP contribution is -2.59. The number of piperazine rings is 1. The van der Waals surface area contributed by atoms with Crippen LogP contribution in [0.25, 0.3) is 0 Å². The van der Waals surface area contributed by atoms with Crippen LogP contribution in [-0.4, -0.2) is 64.8 Å². The van der Waals surface area contributed by atoms with Crippen LogP contribution in [0.4, 0.5) is 4.79 Å². The Labute approximate surface area is 128 Å². The van der Waals surface area contributed by atoms with Gasteiger partial charge in [-0.25, -0.2) is 4.79 Å². The number of aliphatic hydroxyl groups is 1. The molecular weight excluding hydrogens is 266 g/mol. The average Bonchev–Trinajstić information content (AvgIpc) is 2.37. The molecule has 2 atom stereocenters. The van der Waals surface area contributed by atoms with Gasteiger partial charge in [0.2, 0.25) is 0 Å². The van der Waals surface area contributed by atoms with Gasteiger partial charge in [0, 0.05) is 38.3 Å². The Morgan fingerprint density at radius 3 is 2.76 bits per heavy atom. The molecule has 1 aliphatic carbocycles. The number of carbonyl (C=O) groups excluding carboxylic acids is 1. The topological polar surface area (TPSA) is 55.8 Å². The van der Waals surface area contributed by atoms with Crippen molar-refractivity contribution in [3.63, 3.8) is 0 Å². The number of hydrogen-bond acceptors (Lipinski definition) is 3. The molecule has 5 heteroatoms. The maximum atomic E-state index is 12.4. The van der Waals surface area contributed by atoms with E-state index in [-0.39, 0.29) is 18.1 Å². The van der Waals surface area contributed by atoms with Gasteiger partial charge in [-0.15, -0.1) is 0 Å². The van der Waals surface area contributed by atoms with Crippen molar-refractivity contribution < 1.29 is 9.90 Å². The predicted octanol–water partition coefficient (Wildman–Crippen LogP) is 1.58. The number of urea groups is 1. The van der Waals surface area contributed by atoms with E-state index in [1.54, 1.807) is 0 Å². The van der Waals surface area contributed by atoms with Crippen molar-refractivity contribution in [1.29, 1.82) is 0 Å². The zero-order valence-corrected chi connectivity index (χ0v) is 13.5. The minimum absolute atomic E-state index is 0.0435. The third-order valence-electron chi connectivity index (χ3n) is 4.15. The first-order valence-corrected chi connectivity index (χ1v) is 8.04. The molecule has 120 valence electrons. The second-order valence-corrected chi connectivity index (χ2v) is 7.01. The summed E-state index contributed by atoms with van der Waals surface area (Å²) < 4.78 is 0. The highest BCUT2D eigenvalue weighted by atomic mass is 16.3. The van der Waals surface area contributed by atoms with E-state index in [0.29, 0.717) is 6.54 Å². The summed E-state index contributed by atoms with van der Waals surface area (Å²) in [6, 6.07) is 0.406. The minimum atomic E-state index is -0.683. The van der Waals surface area contributed by atoms with Gasteiger partial charge in [-0.2, -0.15) is 0 Å². The highest BCUT2D eigenvalue weighted by molar-refractivity contribution is 5.75. The summed E-state index contributed by atoms with van der Waals surface area (Å²) in [4.78, 5) is 16.5. The van der Waals surface area contributed by atoms with Crippen molar-refractivity contribution in [1.82, 2.24) is 15.1 Å². The SMILES string of the molecule is CC1CN(CC(C)(C)O)CCN1C(=O)NC1C=CCCC1. The molecule has 1 heterocycles. The summed E-state index contributed by atoms with van der Waals surface area (Å²) in [7, 11) is 0. The molecule has 1 saturated heterocycles. The normalized spacial score (nSPS) is 27.7. The first-order valence-electron chi connectivity index (χ1n) is 8.04. The highest BCUT2D eigenvalue weighted by Gasteiger charge is 2.30. The molecule has 2 N–H and O–H groups in total. The van der Waals surface area contributed by atoms with Crippen LogP contribution < -0.4 is 5.32 Å². The summed E-state index contributed by atoms with van der Waals surface area (Å²) in [6.07, 6.45) is 7.57. The maximum Gasteiger partial charge on any atom is 0.318 e. The largest absolute Gasteiger partial charge is 0.389 e. The van der Waals surface area contributed by atoms with E-state index in [1.165, 1.54) is 0 Å². The maximum absolute atomic E-state index is 12.4. The van der Waals surface area contributed by atoms with E-state index in [1.807, 2.05) is 18.7 Å². The number of nitrogens with one attached hydrogen (secondary N) is 1. The Morgan fingerprint density at radius 1 is 1.43 bits per heavy atom. The second-order valence-electron chi connectivity index (χ2n) is 7.01. The van der Waals surface area contributed by atoms with Gasteiger partial charge in [-0.3, -0.25) is 4.90 Å². The second kappa shape index (κ2) is 6.79. The van der Waals surface area contributed by atoms with Crippen molar-refractivity contribution in [3.05, 3.63) is 12.2 Å². The molecule has 1 fully saturated rings. The van der Waals surface area contributed by atoms with Crippen molar-refractivity contribution >= 4 is 6.03 Å². The van der Waals surface area contributed by atoms with E-state index in [0.717, 1.165) is 38.9 Å². The molecule has 2 amide bonds. The molecule has 0 spiro atoms. The van der Waals surface area contributed by atoms with Gasteiger partial charge in [0.05, 0.1) is 5.60 Å². The Kier molecular flexibility index (Phi) is 5.27. The van der Waals surface area contributed by atoms with E-state index < -0.39 is 5.60 Å². The van der Waals surface area contributed by atoms with Gasteiger partial charge in [-0.05, 0) is 40.0 Å². The van der Waals surface area contributed by atoms with Crippen LogP contribution in [0.5, 0.6) is 0 Å². The number of carbonyl (C=O) groups is 1. The number of rotatable bonds is 3. The third-order valence-corrected chi connectivity index (χ3v) is 4.15. The molecule has 2 aliphatic rings. The molecule has 0 bridgehead atoms. The van der Waals surface area contributed by atoms with Crippen LogP contribution in [0.2, 0.25) is 0 Å². The summed E-state index contributed by atoms with van der Waals surface area (Å²) >= 11 is 0. The predicted molar refractivity (Wildman–Crippen MR) is 84.2 cm³/mol. The molecule has 0 aromatic heterocycles. The van der Waals surface area contributed by atoms with Crippen molar-refractivity contribution in [2.24, 2.45) is 0 Å². The molecule has 21 heavy (non-hydrogen) atoms. The van der Waals surface area contributed by atoms with Gasteiger partial charge in [0.25, 0.3) is 0 Å². The molecule has 0 radical (unpaired) electrons. The Bertz CT molecular complexity index is 389. The Hall–Kier alpha value is -1.07. The first-order chi connectivity index (χ1) is 9.85. The fourth-order valence-corrected chi connectivity index (χ4v) is 3.20.